The molecule has 1 atom stereocenters. The van der Waals surface area contributed by atoms with Crippen molar-refractivity contribution in [1.82, 2.24) is 4.90 Å². The lowest BCUT2D eigenvalue weighted by Crippen LogP contribution is -2.29. The van der Waals surface area contributed by atoms with E-state index in [1.165, 1.54) is 12.1 Å². The molecule has 98 valence electrons. The van der Waals surface area contributed by atoms with E-state index in [9.17, 15) is 9.18 Å². The number of likely N-dealkylation sites (tertiary alicyclic amines) is 1. The van der Waals surface area contributed by atoms with Crippen molar-refractivity contribution >= 4 is 28.5 Å². The lowest BCUT2D eigenvalue weighted by atomic mass is 10.1. The van der Waals surface area contributed by atoms with Gasteiger partial charge in [-0.25, -0.2) is 4.39 Å². The Kier molecular flexibility index (Phi) is 4.55. The van der Waals surface area contributed by atoms with Crippen LogP contribution in [0.15, 0.2) is 18.2 Å². The van der Waals surface area contributed by atoms with E-state index in [0.29, 0.717) is 21.6 Å². The predicted molar refractivity (Wildman–Crippen MR) is 74.8 cm³/mol. The summed E-state index contributed by atoms with van der Waals surface area (Å²) in [5, 5.41) is 8.90. The lowest BCUT2D eigenvalue weighted by Gasteiger charge is -2.17. The Morgan fingerprint density at radius 3 is 3.00 bits per heavy atom. The van der Waals surface area contributed by atoms with Crippen LogP contribution in [0.5, 0.6) is 0 Å². The molecule has 1 aromatic carbocycles. The van der Waals surface area contributed by atoms with Gasteiger partial charge in [-0.05, 0) is 59.5 Å². The number of amides is 1. The number of aliphatic hydroxyl groups is 1. The fraction of sp³-hybridized carbons (Fsp3) is 0.462. The van der Waals surface area contributed by atoms with E-state index in [1.54, 1.807) is 11.0 Å². The lowest BCUT2D eigenvalue weighted by molar-refractivity contribution is 0.0783. The van der Waals surface area contributed by atoms with Crippen molar-refractivity contribution in [2.24, 2.45) is 5.92 Å². The summed E-state index contributed by atoms with van der Waals surface area (Å²) in [5.41, 5.74) is 0.557. The zero-order valence-corrected chi connectivity index (χ0v) is 12.1. The predicted octanol–water partition coefficient (Wildman–Crippen LogP) is 2.27. The van der Waals surface area contributed by atoms with Gasteiger partial charge in [0.1, 0.15) is 5.82 Å². The minimum absolute atomic E-state index is 0.0418. The Hall–Kier alpha value is -0.690. The molecule has 0 aliphatic carbocycles. The molecule has 18 heavy (non-hydrogen) atoms. The fourth-order valence-electron chi connectivity index (χ4n) is 2.27. The monoisotopic (exact) mass is 363 g/mol. The molecule has 0 radical (unpaired) electrons. The zero-order valence-electron chi connectivity index (χ0n) is 9.90. The smallest absolute Gasteiger partial charge is 0.254 e. The van der Waals surface area contributed by atoms with Crippen LogP contribution in [-0.4, -0.2) is 35.6 Å². The highest BCUT2D eigenvalue weighted by molar-refractivity contribution is 14.1. The Labute approximate surface area is 119 Å². The first-order valence-electron chi connectivity index (χ1n) is 5.97. The van der Waals surface area contributed by atoms with Crippen LogP contribution in [0.25, 0.3) is 0 Å². The van der Waals surface area contributed by atoms with Crippen molar-refractivity contribution in [3.63, 3.8) is 0 Å². The van der Waals surface area contributed by atoms with Gasteiger partial charge in [0.2, 0.25) is 0 Å². The number of nitrogens with zero attached hydrogens (tertiary/aromatic N) is 1. The topological polar surface area (TPSA) is 40.5 Å². The van der Waals surface area contributed by atoms with E-state index in [4.69, 9.17) is 5.11 Å². The third-order valence-electron chi connectivity index (χ3n) is 3.27. The summed E-state index contributed by atoms with van der Waals surface area (Å²) in [7, 11) is 0. The SMILES string of the molecule is O=C(c1ccc(F)cc1I)N1CCC(CCO)C1. The summed E-state index contributed by atoms with van der Waals surface area (Å²) in [5.74, 6) is 0.0208. The Morgan fingerprint density at radius 2 is 2.33 bits per heavy atom. The van der Waals surface area contributed by atoms with E-state index in [2.05, 4.69) is 0 Å². The molecule has 1 heterocycles. The number of aliphatic hydroxyl groups excluding tert-OH is 1. The average Bonchev–Trinajstić information content (AvgIpc) is 2.77. The molecule has 1 aromatic rings. The summed E-state index contributed by atoms with van der Waals surface area (Å²) in [6.07, 6.45) is 1.67. The van der Waals surface area contributed by atoms with Crippen LogP contribution in [0.3, 0.4) is 0 Å². The molecule has 0 aromatic heterocycles. The Bertz CT molecular complexity index is 453. The van der Waals surface area contributed by atoms with E-state index in [0.717, 1.165) is 19.4 Å². The van der Waals surface area contributed by atoms with Crippen molar-refractivity contribution < 1.29 is 14.3 Å². The van der Waals surface area contributed by atoms with Gasteiger partial charge >= 0.3 is 0 Å². The van der Waals surface area contributed by atoms with Crippen molar-refractivity contribution in [2.45, 2.75) is 12.8 Å². The summed E-state index contributed by atoms with van der Waals surface area (Å²) in [4.78, 5) is 14.1. The second-order valence-electron chi connectivity index (χ2n) is 4.54. The first-order chi connectivity index (χ1) is 8.61. The summed E-state index contributed by atoms with van der Waals surface area (Å²) >= 11 is 1.98. The van der Waals surface area contributed by atoms with Crippen LogP contribution in [0.2, 0.25) is 0 Å². The maximum Gasteiger partial charge on any atom is 0.254 e. The van der Waals surface area contributed by atoms with Crippen molar-refractivity contribution in [1.29, 1.82) is 0 Å². The number of carbonyl (C=O) groups excluding carboxylic acids is 1. The van der Waals surface area contributed by atoms with Crippen molar-refractivity contribution in [2.75, 3.05) is 19.7 Å². The maximum atomic E-state index is 13.0. The average molecular weight is 363 g/mol. The minimum Gasteiger partial charge on any atom is -0.396 e. The first kappa shape index (κ1) is 13.7. The number of carbonyl (C=O) groups is 1. The summed E-state index contributed by atoms with van der Waals surface area (Å²) in [6.45, 7) is 1.57. The number of hydrogen-bond acceptors (Lipinski definition) is 2. The molecule has 3 nitrogen and oxygen atoms in total. The van der Waals surface area contributed by atoms with Gasteiger partial charge in [0.15, 0.2) is 0 Å². The second-order valence-corrected chi connectivity index (χ2v) is 5.70. The van der Waals surface area contributed by atoms with Gasteiger partial charge in [0.05, 0.1) is 5.56 Å². The van der Waals surface area contributed by atoms with E-state index in [1.807, 2.05) is 22.6 Å². The first-order valence-corrected chi connectivity index (χ1v) is 7.05. The zero-order chi connectivity index (χ0) is 13.1. The maximum absolute atomic E-state index is 13.0. The number of halogens is 2. The Balaban J connectivity index is 2.08. The molecule has 1 amide bonds. The molecule has 1 fully saturated rings. The molecule has 0 spiro atoms. The van der Waals surface area contributed by atoms with Crippen LogP contribution in [0, 0.1) is 15.3 Å². The van der Waals surface area contributed by atoms with E-state index >= 15 is 0 Å². The molecule has 0 bridgehead atoms. The third kappa shape index (κ3) is 3.00. The second kappa shape index (κ2) is 5.97. The molecule has 1 aliphatic heterocycles. The van der Waals surface area contributed by atoms with Crippen molar-refractivity contribution in [3.8, 4) is 0 Å². The molecule has 5 heteroatoms. The molecule has 0 saturated carbocycles. The molecule has 1 N–H and O–H groups in total. The van der Waals surface area contributed by atoms with Gasteiger partial charge in [-0.15, -0.1) is 0 Å². The van der Waals surface area contributed by atoms with Crippen LogP contribution >= 0.6 is 22.6 Å². The van der Waals surface area contributed by atoms with Crippen LogP contribution < -0.4 is 0 Å². The highest BCUT2D eigenvalue weighted by atomic mass is 127. The quantitative estimate of drug-likeness (QED) is 0.838. The largest absolute Gasteiger partial charge is 0.396 e. The van der Waals surface area contributed by atoms with Crippen LogP contribution in [0.4, 0.5) is 4.39 Å². The molecule has 1 aliphatic rings. The summed E-state index contributed by atoms with van der Waals surface area (Å²) < 4.78 is 13.6. The standard InChI is InChI=1S/C13H15FINO2/c14-10-1-2-11(12(15)7-10)13(18)16-5-3-9(8-16)4-6-17/h1-2,7,9,17H,3-6,8H2. The fourth-order valence-corrected chi connectivity index (χ4v) is 2.98. The van der Waals surface area contributed by atoms with Gasteiger partial charge in [0.25, 0.3) is 5.91 Å². The van der Waals surface area contributed by atoms with Crippen LogP contribution in [-0.2, 0) is 0 Å². The molecular formula is C13H15FINO2. The van der Waals surface area contributed by atoms with Gasteiger partial charge in [0, 0.05) is 23.3 Å². The van der Waals surface area contributed by atoms with Gasteiger partial charge in [-0.1, -0.05) is 0 Å². The van der Waals surface area contributed by atoms with E-state index in [-0.39, 0.29) is 18.3 Å². The summed E-state index contributed by atoms with van der Waals surface area (Å²) in [6, 6.07) is 4.23. The normalized spacial score (nSPS) is 19.3. The highest BCUT2D eigenvalue weighted by Crippen LogP contribution is 2.23. The molecule has 1 saturated heterocycles. The number of benzene rings is 1. The molecule has 2 rings (SSSR count). The third-order valence-corrected chi connectivity index (χ3v) is 4.16. The molecule has 1 unspecified atom stereocenters. The Morgan fingerprint density at radius 1 is 1.56 bits per heavy atom. The molecular weight excluding hydrogens is 348 g/mol. The van der Waals surface area contributed by atoms with Gasteiger partial charge < -0.3 is 10.0 Å². The van der Waals surface area contributed by atoms with Crippen LogP contribution in [0.1, 0.15) is 23.2 Å². The highest BCUT2D eigenvalue weighted by Gasteiger charge is 2.27. The number of rotatable bonds is 3. The van der Waals surface area contributed by atoms with E-state index < -0.39 is 0 Å². The van der Waals surface area contributed by atoms with Gasteiger partial charge in [-0.3, -0.25) is 4.79 Å². The van der Waals surface area contributed by atoms with Gasteiger partial charge in [-0.2, -0.15) is 0 Å². The van der Waals surface area contributed by atoms with Crippen molar-refractivity contribution in [3.05, 3.63) is 33.1 Å². The minimum atomic E-state index is -0.324. The number of hydrogen-bond donors (Lipinski definition) is 1.